The highest BCUT2D eigenvalue weighted by Crippen LogP contribution is 2.09. The Morgan fingerprint density at radius 3 is 2.33 bits per heavy atom. The van der Waals surface area contributed by atoms with Gasteiger partial charge in [-0.2, -0.15) is 5.10 Å². The summed E-state index contributed by atoms with van der Waals surface area (Å²) in [6.45, 7) is 6.01. The highest BCUT2D eigenvalue weighted by molar-refractivity contribution is 5.23. The van der Waals surface area contributed by atoms with Gasteiger partial charge in [-0.3, -0.25) is 4.68 Å². The summed E-state index contributed by atoms with van der Waals surface area (Å²) in [6.07, 6.45) is 1.08. The van der Waals surface area contributed by atoms with Crippen molar-refractivity contribution in [2.75, 3.05) is 13.6 Å². The molecule has 3 heteroatoms. The van der Waals surface area contributed by atoms with Gasteiger partial charge in [0.25, 0.3) is 0 Å². The topological polar surface area (TPSA) is 29.9 Å². The number of aryl methyl sites for hydroxylation is 2. The van der Waals surface area contributed by atoms with E-state index in [0.717, 1.165) is 25.2 Å². The number of hydrogen-bond acceptors (Lipinski definition) is 2. The van der Waals surface area contributed by atoms with Crippen LogP contribution in [0.25, 0.3) is 0 Å². The van der Waals surface area contributed by atoms with Crippen molar-refractivity contribution in [2.24, 2.45) is 0 Å². The smallest absolute Gasteiger partial charge is 0.0662 e. The normalized spacial score (nSPS) is 10.8. The molecule has 1 aromatic carbocycles. The van der Waals surface area contributed by atoms with E-state index in [9.17, 15) is 0 Å². The van der Waals surface area contributed by atoms with E-state index in [4.69, 9.17) is 0 Å². The van der Waals surface area contributed by atoms with Gasteiger partial charge in [0, 0.05) is 5.69 Å². The van der Waals surface area contributed by atoms with E-state index in [-0.39, 0.29) is 0 Å². The highest BCUT2D eigenvalue weighted by Gasteiger charge is 2.02. The zero-order valence-corrected chi connectivity index (χ0v) is 11.4. The average Bonchev–Trinajstić information content (AvgIpc) is 2.67. The van der Waals surface area contributed by atoms with Crippen molar-refractivity contribution in [3.05, 3.63) is 52.8 Å². The van der Waals surface area contributed by atoms with Crippen LogP contribution in [0, 0.1) is 13.8 Å². The first-order chi connectivity index (χ1) is 8.69. The summed E-state index contributed by atoms with van der Waals surface area (Å²) in [5, 5.41) is 7.65. The molecule has 0 fully saturated rings. The van der Waals surface area contributed by atoms with E-state index in [0.29, 0.717) is 0 Å². The Labute approximate surface area is 109 Å². The molecule has 1 N–H and O–H groups in total. The van der Waals surface area contributed by atoms with E-state index in [1.807, 2.05) is 14.0 Å². The minimum atomic E-state index is 0.853. The Morgan fingerprint density at radius 2 is 1.78 bits per heavy atom. The zero-order chi connectivity index (χ0) is 13.0. The summed E-state index contributed by atoms with van der Waals surface area (Å²) in [5.74, 6) is 0. The number of nitrogens with one attached hydrogen (secondary N) is 1. The van der Waals surface area contributed by atoms with Gasteiger partial charge in [-0.1, -0.05) is 24.3 Å². The van der Waals surface area contributed by atoms with E-state index >= 15 is 0 Å². The van der Waals surface area contributed by atoms with Gasteiger partial charge in [0.2, 0.25) is 0 Å². The third-order valence-electron chi connectivity index (χ3n) is 3.12. The van der Waals surface area contributed by atoms with Gasteiger partial charge in [-0.25, -0.2) is 0 Å². The molecule has 1 aromatic heterocycles. The van der Waals surface area contributed by atoms with E-state index in [1.54, 1.807) is 0 Å². The fraction of sp³-hybridized carbons (Fsp3) is 0.400. The molecule has 18 heavy (non-hydrogen) atoms. The number of nitrogens with zero attached hydrogens (tertiary/aromatic N) is 2. The molecule has 0 saturated carbocycles. The summed E-state index contributed by atoms with van der Waals surface area (Å²) in [7, 11) is 1.98. The summed E-state index contributed by atoms with van der Waals surface area (Å²) in [5.41, 5.74) is 4.97. The second-order valence-electron chi connectivity index (χ2n) is 4.75. The maximum absolute atomic E-state index is 4.48. The van der Waals surface area contributed by atoms with Gasteiger partial charge in [0.15, 0.2) is 0 Å². The molecule has 0 saturated heterocycles. The van der Waals surface area contributed by atoms with Crippen molar-refractivity contribution in [2.45, 2.75) is 26.8 Å². The SMILES string of the molecule is CNCCc1ccc(Cn2nc(C)cc2C)cc1. The van der Waals surface area contributed by atoms with Crippen LogP contribution in [0.4, 0.5) is 0 Å². The van der Waals surface area contributed by atoms with Crippen LogP contribution in [-0.2, 0) is 13.0 Å². The van der Waals surface area contributed by atoms with Crippen LogP contribution in [0.1, 0.15) is 22.5 Å². The summed E-state index contributed by atoms with van der Waals surface area (Å²) in [6, 6.07) is 10.9. The lowest BCUT2D eigenvalue weighted by Gasteiger charge is -2.06. The van der Waals surface area contributed by atoms with Gasteiger partial charge in [-0.15, -0.1) is 0 Å². The minimum absolute atomic E-state index is 0.853. The van der Waals surface area contributed by atoms with Gasteiger partial charge < -0.3 is 5.32 Å². The fourth-order valence-electron chi connectivity index (χ4n) is 2.09. The molecule has 3 nitrogen and oxygen atoms in total. The third-order valence-corrected chi connectivity index (χ3v) is 3.12. The lowest BCUT2D eigenvalue weighted by atomic mass is 10.1. The molecule has 2 rings (SSSR count). The molecule has 0 aliphatic heterocycles. The molecule has 2 aromatic rings. The zero-order valence-electron chi connectivity index (χ0n) is 11.4. The first kappa shape index (κ1) is 12.8. The summed E-state index contributed by atoms with van der Waals surface area (Å²) >= 11 is 0. The molecule has 0 amide bonds. The number of hydrogen-bond donors (Lipinski definition) is 1. The Balaban J connectivity index is 2.04. The maximum Gasteiger partial charge on any atom is 0.0662 e. The van der Waals surface area contributed by atoms with Gasteiger partial charge >= 0.3 is 0 Å². The minimum Gasteiger partial charge on any atom is -0.319 e. The lowest BCUT2D eigenvalue weighted by molar-refractivity contribution is 0.658. The van der Waals surface area contributed by atoms with Gasteiger partial charge in [0.1, 0.15) is 0 Å². The summed E-state index contributed by atoms with van der Waals surface area (Å²) in [4.78, 5) is 0. The van der Waals surface area contributed by atoms with Crippen molar-refractivity contribution >= 4 is 0 Å². The quantitative estimate of drug-likeness (QED) is 0.873. The van der Waals surface area contributed by atoms with Crippen LogP contribution < -0.4 is 5.32 Å². The fourth-order valence-corrected chi connectivity index (χ4v) is 2.09. The van der Waals surface area contributed by atoms with Crippen LogP contribution in [0.3, 0.4) is 0 Å². The molecule has 1 heterocycles. The molecule has 0 radical (unpaired) electrons. The molecule has 0 atom stereocenters. The molecular formula is C15H21N3. The Morgan fingerprint density at radius 1 is 1.11 bits per heavy atom. The number of likely N-dealkylation sites (N-methyl/N-ethyl adjacent to an activating group) is 1. The third kappa shape index (κ3) is 3.20. The first-order valence-electron chi connectivity index (χ1n) is 6.42. The lowest BCUT2D eigenvalue weighted by Crippen LogP contribution is -2.10. The van der Waals surface area contributed by atoms with Crippen molar-refractivity contribution in [1.82, 2.24) is 15.1 Å². The second kappa shape index (κ2) is 5.83. The van der Waals surface area contributed by atoms with E-state index < -0.39 is 0 Å². The second-order valence-corrected chi connectivity index (χ2v) is 4.75. The van der Waals surface area contributed by atoms with Crippen molar-refractivity contribution in [1.29, 1.82) is 0 Å². The average molecular weight is 243 g/mol. The van der Waals surface area contributed by atoms with Crippen LogP contribution in [0.15, 0.2) is 30.3 Å². The van der Waals surface area contributed by atoms with Crippen LogP contribution in [-0.4, -0.2) is 23.4 Å². The van der Waals surface area contributed by atoms with Gasteiger partial charge in [0.05, 0.1) is 12.2 Å². The number of aromatic nitrogens is 2. The molecular weight excluding hydrogens is 222 g/mol. The molecule has 0 unspecified atom stereocenters. The van der Waals surface area contributed by atoms with Crippen molar-refractivity contribution < 1.29 is 0 Å². The Kier molecular flexibility index (Phi) is 4.15. The first-order valence-corrected chi connectivity index (χ1v) is 6.42. The molecule has 0 aliphatic carbocycles. The number of rotatable bonds is 5. The van der Waals surface area contributed by atoms with E-state index in [1.165, 1.54) is 16.8 Å². The van der Waals surface area contributed by atoms with Crippen LogP contribution >= 0.6 is 0 Å². The van der Waals surface area contributed by atoms with Crippen LogP contribution in [0.5, 0.6) is 0 Å². The monoisotopic (exact) mass is 243 g/mol. The predicted octanol–water partition coefficient (Wildman–Crippen LogP) is 2.31. The van der Waals surface area contributed by atoms with Crippen molar-refractivity contribution in [3.8, 4) is 0 Å². The largest absolute Gasteiger partial charge is 0.319 e. The molecule has 0 bridgehead atoms. The van der Waals surface area contributed by atoms with Crippen LogP contribution in [0.2, 0.25) is 0 Å². The van der Waals surface area contributed by atoms with Crippen molar-refractivity contribution in [3.63, 3.8) is 0 Å². The maximum atomic E-state index is 4.48. The highest BCUT2D eigenvalue weighted by atomic mass is 15.3. The Bertz CT molecular complexity index is 497. The standard InChI is InChI=1S/C15H21N3/c1-12-10-13(2)18(17-12)11-15-6-4-14(5-7-15)8-9-16-3/h4-7,10,16H,8-9,11H2,1-3H3. The predicted molar refractivity (Wildman–Crippen MR) is 74.9 cm³/mol. The van der Waals surface area contributed by atoms with Gasteiger partial charge in [-0.05, 0) is 51.1 Å². The van der Waals surface area contributed by atoms with E-state index in [2.05, 4.69) is 52.4 Å². The summed E-state index contributed by atoms with van der Waals surface area (Å²) < 4.78 is 2.05. The Hall–Kier alpha value is -1.61. The molecule has 96 valence electrons. The molecule has 0 aliphatic rings. The number of benzene rings is 1. The molecule has 0 spiro atoms.